The zero-order chi connectivity index (χ0) is 14.7. The van der Waals surface area contributed by atoms with Gasteiger partial charge in [0.15, 0.2) is 0 Å². The van der Waals surface area contributed by atoms with E-state index in [1.807, 2.05) is 0 Å². The van der Waals surface area contributed by atoms with Gasteiger partial charge in [0.1, 0.15) is 0 Å². The molecule has 2 aliphatic rings. The number of nitrogens with one attached hydrogen (secondary N) is 2. The monoisotopic (exact) mass is 324 g/mol. The number of ether oxygens (including phenoxy) is 1. The van der Waals surface area contributed by atoms with Crippen molar-refractivity contribution in [2.45, 2.75) is 38.3 Å². The fraction of sp³-hybridized carbons (Fsp3) is 0.588. The molecule has 0 aliphatic carbocycles. The van der Waals surface area contributed by atoms with Crippen LogP contribution in [0.2, 0.25) is 0 Å². The van der Waals surface area contributed by atoms with E-state index in [2.05, 4.69) is 41.8 Å². The number of carbonyl (C=O) groups is 1. The summed E-state index contributed by atoms with van der Waals surface area (Å²) < 4.78 is 5.93. The SMILES string of the molecule is Cc1ccc(C2OCCCC2C(=O)NC2CCNC2)cc1.Cl. The molecule has 1 amide bonds. The van der Waals surface area contributed by atoms with Crippen LogP contribution in [0.4, 0.5) is 0 Å². The number of amides is 1. The number of hydrogen-bond donors (Lipinski definition) is 2. The van der Waals surface area contributed by atoms with Crippen molar-refractivity contribution in [3.05, 3.63) is 35.4 Å². The molecule has 1 aromatic rings. The predicted molar refractivity (Wildman–Crippen MR) is 89.3 cm³/mol. The van der Waals surface area contributed by atoms with Crippen molar-refractivity contribution in [2.24, 2.45) is 5.92 Å². The molecule has 3 atom stereocenters. The topological polar surface area (TPSA) is 50.4 Å². The van der Waals surface area contributed by atoms with Crippen LogP contribution in [0.5, 0.6) is 0 Å². The van der Waals surface area contributed by atoms with Gasteiger partial charge in [-0.15, -0.1) is 12.4 Å². The minimum absolute atomic E-state index is 0. The zero-order valence-electron chi connectivity index (χ0n) is 13.0. The van der Waals surface area contributed by atoms with Crippen molar-refractivity contribution in [1.82, 2.24) is 10.6 Å². The molecule has 0 saturated carbocycles. The van der Waals surface area contributed by atoms with Crippen molar-refractivity contribution in [3.8, 4) is 0 Å². The van der Waals surface area contributed by atoms with E-state index >= 15 is 0 Å². The van der Waals surface area contributed by atoms with E-state index in [4.69, 9.17) is 4.74 Å². The summed E-state index contributed by atoms with van der Waals surface area (Å²) in [6.45, 7) is 4.69. The summed E-state index contributed by atoms with van der Waals surface area (Å²) in [7, 11) is 0. The van der Waals surface area contributed by atoms with Crippen LogP contribution in [0.15, 0.2) is 24.3 Å². The normalized spacial score (nSPS) is 28.0. The van der Waals surface area contributed by atoms with Crippen LogP contribution < -0.4 is 10.6 Å². The molecule has 0 aromatic heterocycles. The number of halogens is 1. The lowest BCUT2D eigenvalue weighted by molar-refractivity contribution is -0.135. The highest BCUT2D eigenvalue weighted by Crippen LogP contribution is 2.34. The number of aryl methyl sites for hydroxylation is 1. The molecule has 0 radical (unpaired) electrons. The van der Waals surface area contributed by atoms with Gasteiger partial charge in [-0.05, 0) is 38.3 Å². The highest BCUT2D eigenvalue weighted by Gasteiger charge is 2.34. The third-order valence-corrected chi connectivity index (χ3v) is 4.47. The lowest BCUT2D eigenvalue weighted by Gasteiger charge is -2.32. The molecule has 3 unspecified atom stereocenters. The van der Waals surface area contributed by atoms with E-state index in [1.54, 1.807) is 0 Å². The van der Waals surface area contributed by atoms with Crippen LogP contribution in [0.1, 0.15) is 36.5 Å². The van der Waals surface area contributed by atoms with Gasteiger partial charge < -0.3 is 15.4 Å². The number of benzene rings is 1. The van der Waals surface area contributed by atoms with Crippen molar-refractivity contribution in [1.29, 1.82) is 0 Å². The number of rotatable bonds is 3. The molecular formula is C17H25ClN2O2. The van der Waals surface area contributed by atoms with Crippen LogP contribution in [0.25, 0.3) is 0 Å². The van der Waals surface area contributed by atoms with Crippen LogP contribution in [0, 0.1) is 12.8 Å². The van der Waals surface area contributed by atoms with E-state index in [-0.39, 0.29) is 36.4 Å². The van der Waals surface area contributed by atoms with Gasteiger partial charge in [-0.1, -0.05) is 29.8 Å². The average molecular weight is 325 g/mol. The maximum Gasteiger partial charge on any atom is 0.226 e. The van der Waals surface area contributed by atoms with E-state index in [0.29, 0.717) is 0 Å². The first kappa shape index (κ1) is 17.3. The second-order valence-electron chi connectivity index (χ2n) is 6.15. The Morgan fingerprint density at radius 1 is 1.27 bits per heavy atom. The summed E-state index contributed by atoms with van der Waals surface area (Å²) in [5, 5.41) is 6.46. The van der Waals surface area contributed by atoms with Crippen LogP contribution in [-0.4, -0.2) is 31.6 Å². The van der Waals surface area contributed by atoms with Crippen molar-refractivity contribution < 1.29 is 9.53 Å². The fourth-order valence-corrected chi connectivity index (χ4v) is 3.22. The van der Waals surface area contributed by atoms with Gasteiger partial charge in [-0.3, -0.25) is 4.79 Å². The largest absolute Gasteiger partial charge is 0.373 e. The highest BCUT2D eigenvalue weighted by atomic mass is 35.5. The summed E-state index contributed by atoms with van der Waals surface area (Å²) in [5.41, 5.74) is 2.34. The Hall–Kier alpha value is -1.10. The molecule has 3 rings (SSSR count). The minimum atomic E-state index is -0.103. The Kier molecular flexibility index (Phi) is 6.24. The molecule has 2 fully saturated rings. The third-order valence-electron chi connectivity index (χ3n) is 4.47. The smallest absolute Gasteiger partial charge is 0.226 e. The molecule has 122 valence electrons. The van der Waals surface area contributed by atoms with E-state index < -0.39 is 0 Å². The molecule has 2 N–H and O–H groups in total. The van der Waals surface area contributed by atoms with Gasteiger partial charge in [-0.2, -0.15) is 0 Å². The van der Waals surface area contributed by atoms with E-state index in [9.17, 15) is 4.79 Å². The molecule has 1 aromatic carbocycles. The minimum Gasteiger partial charge on any atom is -0.373 e. The Morgan fingerprint density at radius 2 is 2.05 bits per heavy atom. The molecule has 0 bridgehead atoms. The lowest BCUT2D eigenvalue weighted by atomic mass is 9.88. The van der Waals surface area contributed by atoms with Crippen molar-refractivity contribution in [3.63, 3.8) is 0 Å². The highest BCUT2D eigenvalue weighted by molar-refractivity contribution is 5.85. The Balaban J connectivity index is 0.00000176. The first-order chi connectivity index (χ1) is 10.2. The van der Waals surface area contributed by atoms with Gasteiger partial charge in [0.05, 0.1) is 12.0 Å². The summed E-state index contributed by atoms with van der Waals surface area (Å²) >= 11 is 0. The first-order valence-corrected chi connectivity index (χ1v) is 7.93. The summed E-state index contributed by atoms with van der Waals surface area (Å²) in [5.74, 6) is 0.0797. The molecule has 4 nitrogen and oxygen atoms in total. The molecule has 2 saturated heterocycles. The van der Waals surface area contributed by atoms with Gasteiger partial charge in [-0.25, -0.2) is 0 Å². The van der Waals surface area contributed by atoms with Crippen molar-refractivity contribution >= 4 is 18.3 Å². The van der Waals surface area contributed by atoms with Crippen LogP contribution in [-0.2, 0) is 9.53 Å². The fourth-order valence-electron chi connectivity index (χ4n) is 3.22. The molecule has 22 heavy (non-hydrogen) atoms. The van der Waals surface area contributed by atoms with Gasteiger partial charge in [0.25, 0.3) is 0 Å². The number of hydrogen-bond acceptors (Lipinski definition) is 3. The Bertz CT molecular complexity index is 486. The average Bonchev–Trinajstić information content (AvgIpc) is 3.01. The maximum atomic E-state index is 12.6. The molecular weight excluding hydrogens is 300 g/mol. The number of carbonyl (C=O) groups excluding carboxylic acids is 1. The van der Waals surface area contributed by atoms with E-state index in [0.717, 1.165) is 44.5 Å². The molecule has 2 aliphatic heterocycles. The molecule has 5 heteroatoms. The maximum absolute atomic E-state index is 12.6. The van der Waals surface area contributed by atoms with Gasteiger partial charge >= 0.3 is 0 Å². The van der Waals surface area contributed by atoms with Crippen LogP contribution >= 0.6 is 12.4 Å². The first-order valence-electron chi connectivity index (χ1n) is 7.93. The third kappa shape index (κ3) is 4.00. The Labute approximate surface area is 138 Å². The lowest BCUT2D eigenvalue weighted by Crippen LogP contribution is -2.43. The zero-order valence-corrected chi connectivity index (χ0v) is 13.8. The Morgan fingerprint density at radius 3 is 2.73 bits per heavy atom. The summed E-state index contributed by atoms with van der Waals surface area (Å²) in [6, 6.07) is 8.62. The molecule has 2 heterocycles. The summed E-state index contributed by atoms with van der Waals surface area (Å²) in [6.07, 6.45) is 2.79. The van der Waals surface area contributed by atoms with Gasteiger partial charge in [0.2, 0.25) is 5.91 Å². The van der Waals surface area contributed by atoms with E-state index in [1.165, 1.54) is 5.56 Å². The van der Waals surface area contributed by atoms with Crippen LogP contribution in [0.3, 0.4) is 0 Å². The standard InChI is InChI=1S/C17H24N2O2.ClH/c1-12-4-6-13(7-5-12)16-15(3-2-10-21-16)17(20)19-14-8-9-18-11-14;/h4-7,14-16,18H,2-3,8-11H2,1H3,(H,19,20);1H. The second kappa shape index (κ2) is 7.95. The predicted octanol–water partition coefficient (Wildman–Crippen LogP) is 2.36. The molecule has 0 spiro atoms. The summed E-state index contributed by atoms with van der Waals surface area (Å²) in [4.78, 5) is 12.6. The van der Waals surface area contributed by atoms with Crippen molar-refractivity contribution in [2.75, 3.05) is 19.7 Å². The quantitative estimate of drug-likeness (QED) is 0.897. The second-order valence-corrected chi connectivity index (χ2v) is 6.15. The van der Waals surface area contributed by atoms with Gasteiger partial charge in [0, 0.05) is 19.2 Å².